The van der Waals surface area contributed by atoms with Crippen LogP contribution in [0, 0.1) is 6.92 Å². The van der Waals surface area contributed by atoms with Gasteiger partial charge in [-0.25, -0.2) is 0 Å². The quantitative estimate of drug-likeness (QED) is 0.315. The fourth-order valence-corrected chi connectivity index (χ4v) is 5.40. The van der Waals surface area contributed by atoms with Crippen molar-refractivity contribution >= 4 is 27.7 Å². The summed E-state index contributed by atoms with van der Waals surface area (Å²) in [5, 5.41) is 9.66. The normalized spacial score (nSPS) is 16.4. The Hall–Kier alpha value is -3.44. The van der Waals surface area contributed by atoms with Gasteiger partial charge >= 0.3 is 0 Å². The van der Waals surface area contributed by atoms with Crippen LogP contribution in [0.1, 0.15) is 47.4 Å². The zero-order chi connectivity index (χ0) is 23.5. The fourth-order valence-electron chi connectivity index (χ4n) is 5.13. The van der Waals surface area contributed by atoms with E-state index in [4.69, 9.17) is 9.47 Å². The minimum atomic E-state index is 0.321. The van der Waals surface area contributed by atoms with E-state index >= 15 is 0 Å². The average molecular weight is 469 g/mol. The lowest BCUT2D eigenvalue weighted by Crippen LogP contribution is -2.14. The molecule has 4 aromatic rings. The Balaban J connectivity index is 0.000000429. The molecule has 1 heterocycles. The van der Waals surface area contributed by atoms with Crippen molar-refractivity contribution in [3.05, 3.63) is 99.5 Å². The first-order chi connectivity index (χ1) is 16.7. The molecule has 0 N–H and O–H groups in total. The molecular formula is C29H28N2O2S. The summed E-state index contributed by atoms with van der Waals surface area (Å²) >= 11 is 1.49. The van der Waals surface area contributed by atoms with Crippen LogP contribution >= 0.6 is 11.3 Å². The van der Waals surface area contributed by atoms with Crippen LogP contribution in [0.4, 0.5) is 0 Å². The number of hydrogen-bond donors (Lipinski definition) is 0. The second-order valence-corrected chi connectivity index (χ2v) is 9.35. The van der Waals surface area contributed by atoms with Crippen LogP contribution in [0.5, 0.6) is 11.5 Å². The fraction of sp³-hybridized carbons (Fsp3) is 0.241. The molecule has 5 heteroatoms. The summed E-state index contributed by atoms with van der Waals surface area (Å²) in [6.45, 7) is 2.16. The first kappa shape index (κ1) is 22.4. The zero-order valence-electron chi connectivity index (χ0n) is 19.7. The highest BCUT2D eigenvalue weighted by Gasteiger charge is 2.30. The van der Waals surface area contributed by atoms with E-state index in [9.17, 15) is 0 Å². The van der Waals surface area contributed by atoms with Gasteiger partial charge in [-0.1, -0.05) is 59.7 Å². The Bertz CT molecular complexity index is 1360. The number of fused-ring (bicyclic) bond motifs is 4. The second kappa shape index (κ2) is 9.82. The summed E-state index contributed by atoms with van der Waals surface area (Å²) in [6.07, 6.45) is 8.01. The van der Waals surface area contributed by atoms with E-state index in [0.717, 1.165) is 30.8 Å². The molecule has 0 spiro atoms. The summed E-state index contributed by atoms with van der Waals surface area (Å²) in [6, 6.07) is 17.8. The van der Waals surface area contributed by atoms with Crippen molar-refractivity contribution < 1.29 is 9.47 Å². The van der Waals surface area contributed by atoms with Gasteiger partial charge in [-0.05, 0) is 71.4 Å². The molecule has 2 aliphatic rings. The Morgan fingerprint density at radius 3 is 2.47 bits per heavy atom. The molecule has 0 aliphatic heterocycles. The largest absolute Gasteiger partial charge is 0.493 e. The molecule has 0 fully saturated rings. The van der Waals surface area contributed by atoms with Gasteiger partial charge in [0, 0.05) is 5.92 Å². The average Bonchev–Trinajstić information content (AvgIpc) is 3.48. The van der Waals surface area contributed by atoms with Crippen molar-refractivity contribution in [1.82, 2.24) is 10.2 Å². The summed E-state index contributed by atoms with van der Waals surface area (Å²) in [5.74, 6) is 1.90. The van der Waals surface area contributed by atoms with Crippen LogP contribution in [0.25, 0.3) is 16.3 Å². The Labute approximate surface area is 204 Å². The maximum Gasteiger partial charge on any atom is 0.161 e. The molecule has 1 aromatic heterocycles. The van der Waals surface area contributed by atoms with E-state index in [1.54, 1.807) is 30.8 Å². The van der Waals surface area contributed by atoms with Crippen LogP contribution in [0.3, 0.4) is 0 Å². The van der Waals surface area contributed by atoms with Gasteiger partial charge in [-0.2, -0.15) is 0 Å². The Kier molecular flexibility index (Phi) is 6.45. The number of nitrogens with zero attached hydrogens (tertiary/aromatic N) is 2. The molecule has 34 heavy (non-hydrogen) atoms. The number of ether oxygens (including phenoxy) is 2. The lowest BCUT2D eigenvalue weighted by atomic mass is 9.71. The summed E-state index contributed by atoms with van der Waals surface area (Å²) < 4.78 is 11.1. The third-order valence-corrected chi connectivity index (χ3v) is 7.11. The van der Waals surface area contributed by atoms with Crippen molar-refractivity contribution in [1.29, 1.82) is 0 Å². The van der Waals surface area contributed by atoms with E-state index in [0.29, 0.717) is 5.92 Å². The van der Waals surface area contributed by atoms with E-state index in [1.807, 2.05) is 6.07 Å². The van der Waals surface area contributed by atoms with Crippen molar-refractivity contribution in [2.75, 3.05) is 14.2 Å². The molecule has 0 bridgehead atoms. The monoisotopic (exact) mass is 468 g/mol. The second-order valence-electron chi connectivity index (χ2n) is 8.66. The molecule has 2 aliphatic carbocycles. The zero-order valence-corrected chi connectivity index (χ0v) is 20.6. The van der Waals surface area contributed by atoms with Gasteiger partial charge in [0.05, 0.1) is 14.2 Å². The standard InChI is InChI=1S/C27H26O2.C2H2N2S/c1-17-8-11-22-19(14-17)9-12-23-21-7-5-4-6-18(21)15-24(27(22)23)20-10-13-25(28-2)26(16-20)29-3;1-3-4-2-5-1/h5,7-14,16,24H,4,6,15H2,1-3H3;1-2H. The molecule has 4 nitrogen and oxygen atoms in total. The van der Waals surface area contributed by atoms with Crippen molar-refractivity contribution in [3.8, 4) is 11.5 Å². The van der Waals surface area contributed by atoms with Crippen LogP contribution in [-0.2, 0) is 0 Å². The lowest BCUT2D eigenvalue weighted by molar-refractivity contribution is 0.354. The summed E-state index contributed by atoms with van der Waals surface area (Å²) in [4.78, 5) is 0. The molecule has 172 valence electrons. The van der Waals surface area contributed by atoms with Gasteiger partial charge in [0.15, 0.2) is 11.5 Å². The van der Waals surface area contributed by atoms with Gasteiger partial charge in [-0.3, -0.25) is 0 Å². The number of aryl methyl sites for hydroxylation is 1. The Morgan fingerprint density at radius 1 is 0.912 bits per heavy atom. The molecule has 1 unspecified atom stereocenters. The van der Waals surface area contributed by atoms with Crippen LogP contribution in [0.15, 0.2) is 77.3 Å². The first-order valence-electron chi connectivity index (χ1n) is 11.5. The van der Waals surface area contributed by atoms with E-state index in [1.165, 1.54) is 49.9 Å². The maximum atomic E-state index is 5.62. The third kappa shape index (κ3) is 4.24. The minimum Gasteiger partial charge on any atom is -0.493 e. The van der Waals surface area contributed by atoms with Gasteiger partial charge in [0.1, 0.15) is 11.0 Å². The summed E-state index contributed by atoms with van der Waals surface area (Å²) in [5.41, 5.74) is 11.8. The van der Waals surface area contributed by atoms with Gasteiger partial charge in [0.2, 0.25) is 0 Å². The van der Waals surface area contributed by atoms with Crippen molar-refractivity contribution in [2.45, 2.75) is 32.1 Å². The predicted octanol–water partition coefficient (Wildman–Crippen LogP) is 7.34. The number of methoxy groups -OCH3 is 2. The highest BCUT2D eigenvalue weighted by atomic mass is 32.1. The molecule has 0 radical (unpaired) electrons. The van der Waals surface area contributed by atoms with E-state index < -0.39 is 0 Å². The number of aromatic nitrogens is 2. The molecule has 1 atom stereocenters. The van der Waals surface area contributed by atoms with Crippen LogP contribution in [0.2, 0.25) is 0 Å². The minimum absolute atomic E-state index is 0.321. The molecule has 0 saturated carbocycles. The van der Waals surface area contributed by atoms with Crippen LogP contribution < -0.4 is 9.47 Å². The van der Waals surface area contributed by atoms with Gasteiger partial charge < -0.3 is 9.47 Å². The highest BCUT2D eigenvalue weighted by molar-refractivity contribution is 7.07. The third-order valence-electron chi connectivity index (χ3n) is 6.68. The lowest BCUT2D eigenvalue weighted by Gasteiger charge is -2.32. The topological polar surface area (TPSA) is 44.2 Å². The maximum absolute atomic E-state index is 5.62. The number of hydrogen-bond acceptors (Lipinski definition) is 5. The SMILES string of the molecule is COc1ccc(C2CC3=C(C=CCC3)c3ccc4cc(C)ccc4c32)cc1OC.c1nncs1. The molecule has 3 aromatic carbocycles. The number of rotatable bonds is 3. The van der Waals surface area contributed by atoms with Crippen molar-refractivity contribution in [3.63, 3.8) is 0 Å². The van der Waals surface area contributed by atoms with Crippen LogP contribution in [-0.4, -0.2) is 24.4 Å². The predicted molar refractivity (Wildman–Crippen MR) is 140 cm³/mol. The Morgan fingerprint density at radius 2 is 1.74 bits per heavy atom. The molecular weight excluding hydrogens is 440 g/mol. The van der Waals surface area contributed by atoms with Gasteiger partial charge in [-0.15, -0.1) is 21.5 Å². The number of benzene rings is 3. The first-order valence-corrected chi connectivity index (χ1v) is 12.5. The molecule has 0 saturated heterocycles. The molecule has 6 rings (SSSR count). The van der Waals surface area contributed by atoms with Gasteiger partial charge in [0.25, 0.3) is 0 Å². The number of allylic oxidation sites excluding steroid dienone is 4. The van der Waals surface area contributed by atoms with E-state index in [2.05, 4.69) is 71.7 Å². The smallest absolute Gasteiger partial charge is 0.161 e. The molecule has 0 amide bonds. The van der Waals surface area contributed by atoms with E-state index in [-0.39, 0.29) is 0 Å². The summed E-state index contributed by atoms with van der Waals surface area (Å²) in [7, 11) is 3.40. The van der Waals surface area contributed by atoms with Crippen molar-refractivity contribution in [2.24, 2.45) is 0 Å². The highest BCUT2D eigenvalue weighted by Crippen LogP contribution is 2.49.